The van der Waals surface area contributed by atoms with Gasteiger partial charge in [0, 0.05) is 30.6 Å². The van der Waals surface area contributed by atoms with Crippen LogP contribution < -0.4 is 5.73 Å². The molecule has 1 aromatic heterocycles. The highest BCUT2D eigenvalue weighted by molar-refractivity contribution is 7.09. The molecule has 0 aliphatic heterocycles. The highest BCUT2D eigenvalue weighted by atomic mass is 32.1. The molecule has 4 heteroatoms. The molecule has 0 saturated heterocycles. The van der Waals surface area contributed by atoms with Crippen molar-refractivity contribution in [2.45, 2.75) is 32.4 Å². The van der Waals surface area contributed by atoms with Crippen LogP contribution in [0.15, 0.2) is 17.5 Å². The fourth-order valence-electron chi connectivity index (χ4n) is 1.81. The zero-order valence-corrected chi connectivity index (χ0v) is 11.9. The smallest absolute Gasteiger partial charge is 0.0823 e. The maximum absolute atomic E-state index is 5.69. The van der Waals surface area contributed by atoms with Gasteiger partial charge in [-0.05, 0) is 38.8 Å². The molecular formula is C13H24N2OS. The normalized spacial score (nSPS) is 15.1. The number of rotatable bonds is 8. The van der Waals surface area contributed by atoms with Gasteiger partial charge in [0.25, 0.3) is 0 Å². The molecule has 0 saturated carbocycles. The minimum atomic E-state index is 0.149. The Kier molecular flexibility index (Phi) is 6.73. The minimum absolute atomic E-state index is 0.149. The van der Waals surface area contributed by atoms with E-state index in [0.29, 0.717) is 12.6 Å². The molecule has 3 nitrogen and oxygen atoms in total. The van der Waals surface area contributed by atoms with E-state index in [2.05, 4.69) is 36.4 Å². The first kappa shape index (κ1) is 14.6. The number of thiophene rings is 1. The molecule has 0 fully saturated rings. The first-order valence-corrected chi connectivity index (χ1v) is 7.09. The Hall–Kier alpha value is -0.420. The van der Waals surface area contributed by atoms with Crippen LogP contribution in [0.3, 0.4) is 0 Å². The minimum Gasteiger partial charge on any atom is -0.376 e. The van der Waals surface area contributed by atoms with E-state index >= 15 is 0 Å². The van der Waals surface area contributed by atoms with Crippen LogP contribution >= 0.6 is 11.3 Å². The van der Waals surface area contributed by atoms with E-state index in [1.165, 1.54) is 4.88 Å². The van der Waals surface area contributed by atoms with Gasteiger partial charge in [-0.15, -0.1) is 11.3 Å². The van der Waals surface area contributed by atoms with Crippen molar-refractivity contribution in [3.63, 3.8) is 0 Å². The van der Waals surface area contributed by atoms with Gasteiger partial charge in [0.05, 0.1) is 6.10 Å². The van der Waals surface area contributed by atoms with Crippen molar-refractivity contribution in [3.05, 3.63) is 22.4 Å². The van der Waals surface area contributed by atoms with Crippen LogP contribution in [0.5, 0.6) is 0 Å². The lowest BCUT2D eigenvalue weighted by Gasteiger charge is -2.28. The summed E-state index contributed by atoms with van der Waals surface area (Å²) >= 11 is 1.82. The molecule has 2 atom stereocenters. The average molecular weight is 256 g/mol. The van der Waals surface area contributed by atoms with E-state index in [9.17, 15) is 0 Å². The van der Waals surface area contributed by atoms with Crippen molar-refractivity contribution in [1.29, 1.82) is 0 Å². The van der Waals surface area contributed by atoms with Crippen molar-refractivity contribution < 1.29 is 4.74 Å². The molecule has 0 aliphatic carbocycles. The Morgan fingerprint density at radius 3 is 2.82 bits per heavy atom. The molecular weight excluding hydrogens is 232 g/mol. The molecule has 0 amide bonds. The maximum atomic E-state index is 5.69. The Morgan fingerprint density at radius 2 is 2.29 bits per heavy atom. The van der Waals surface area contributed by atoms with Crippen LogP contribution in [-0.4, -0.2) is 43.8 Å². The van der Waals surface area contributed by atoms with Gasteiger partial charge in [-0.25, -0.2) is 0 Å². The number of likely N-dealkylation sites (N-methyl/N-ethyl adjacent to an activating group) is 1. The quantitative estimate of drug-likeness (QED) is 0.773. The predicted molar refractivity (Wildman–Crippen MR) is 74.6 cm³/mol. The molecule has 17 heavy (non-hydrogen) atoms. The lowest BCUT2D eigenvalue weighted by Crippen LogP contribution is -2.41. The highest BCUT2D eigenvalue weighted by Gasteiger charge is 2.15. The Bertz CT molecular complexity index is 290. The van der Waals surface area contributed by atoms with Crippen LogP contribution in [0.2, 0.25) is 0 Å². The summed E-state index contributed by atoms with van der Waals surface area (Å²) in [5, 5.41) is 2.13. The lowest BCUT2D eigenvalue weighted by atomic mass is 10.1. The Labute approximate surface area is 109 Å². The molecule has 98 valence electrons. The summed E-state index contributed by atoms with van der Waals surface area (Å²) in [6, 6.07) is 4.82. The van der Waals surface area contributed by atoms with Crippen molar-refractivity contribution in [2.75, 3.05) is 26.7 Å². The molecule has 0 aliphatic rings. The van der Waals surface area contributed by atoms with E-state index in [1.807, 2.05) is 18.3 Å². The number of nitrogens with zero attached hydrogens (tertiary/aromatic N) is 1. The summed E-state index contributed by atoms with van der Waals surface area (Å²) in [5.41, 5.74) is 5.69. The Morgan fingerprint density at radius 1 is 1.53 bits per heavy atom. The zero-order valence-electron chi connectivity index (χ0n) is 11.1. The summed E-state index contributed by atoms with van der Waals surface area (Å²) in [5.74, 6) is 0. The van der Waals surface area contributed by atoms with Crippen LogP contribution in [-0.2, 0) is 11.2 Å². The molecule has 0 spiro atoms. The number of ether oxygens (including phenoxy) is 1. The van der Waals surface area contributed by atoms with E-state index in [1.54, 1.807) is 0 Å². The first-order valence-electron chi connectivity index (χ1n) is 6.21. The van der Waals surface area contributed by atoms with Crippen LogP contribution in [0, 0.1) is 0 Å². The maximum Gasteiger partial charge on any atom is 0.0823 e. The number of hydrogen-bond acceptors (Lipinski definition) is 4. The topological polar surface area (TPSA) is 38.5 Å². The molecule has 0 bridgehead atoms. The second-order valence-electron chi connectivity index (χ2n) is 4.39. The van der Waals surface area contributed by atoms with Gasteiger partial charge >= 0.3 is 0 Å². The van der Waals surface area contributed by atoms with Crippen molar-refractivity contribution in [2.24, 2.45) is 5.73 Å². The Balaban J connectivity index is 2.37. The van der Waals surface area contributed by atoms with Crippen molar-refractivity contribution >= 4 is 11.3 Å². The third-order valence-corrected chi connectivity index (χ3v) is 3.88. The van der Waals surface area contributed by atoms with E-state index in [4.69, 9.17) is 10.5 Å². The second-order valence-corrected chi connectivity index (χ2v) is 5.42. The fraction of sp³-hybridized carbons (Fsp3) is 0.692. The summed E-state index contributed by atoms with van der Waals surface area (Å²) in [6.07, 6.45) is 1.24. The van der Waals surface area contributed by atoms with Crippen LogP contribution in [0.1, 0.15) is 18.7 Å². The molecule has 0 radical (unpaired) electrons. The van der Waals surface area contributed by atoms with Gasteiger partial charge in [0.1, 0.15) is 0 Å². The monoisotopic (exact) mass is 256 g/mol. The van der Waals surface area contributed by atoms with Crippen molar-refractivity contribution in [1.82, 2.24) is 4.90 Å². The number of hydrogen-bond donors (Lipinski definition) is 1. The van der Waals surface area contributed by atoms with Gasteiger partial charge in [0.15, 0.2) is 0 Å². The van der Waals surface area contributed by atoms with Gasteiger partial charge in [0.2, 0.25) is 0 Å². The average Bonchev–Trinajstić information content (AvgIpc) is 2.81. The molecule has 2 unspecified atom stereocenters. The number of nitrogens with two attached hydrogens (primary N) is 1. The second kappa shape index (κ2) is 7.82. The molecule has 0 aromatic carbocycles. The standard InChI is InChI=1S/C13H24N2OS/c1-4-16-12(9-14)10-15(3)11(2)8-13-6-5-7-17-13/h5-7,11-12H,4,8-10,14H2,1-3H3. The van der Waals surface area contributed by atoms with Gasteiger partial charge in [-0.3, -0.25) is 0 Å². The van der Waals surface area contributed by atoms with Crippen LogP contribution in [0.4, 0.5) is 0 Å². The summed E-state index contributed by atoms with van der Waals surface area (Å²) in [4.78, 5) is 3.76. The van der Waals surface area contributed by atoms with E-state index < -0.39 is 0 Å². The highest BCUT2D eigenvalue weighted by Crippen LogP contribution is 2.13. The lowest BCUT2D eigenvalue weighted by molar-refractivity contribution is 0.0373. The summed E-state index contributed by atoms with van der Waals surface area (Å²) in [7, 11) is 2.14. The largest absolute Gasteiger partial charge is 0.376 e. The third-order valence-electron chi connectivity index (χ3n) is 2.99. The van der Waals surface area contributed by atoms with E-state index in [-0.39, 0.29) is 6.10 Å². The molecule has 1 rings (SSSR count). The fourth-order valence-corrected chi connectivity index (χ4v) is 2.63. The van der Waals surface area contributed by atoms with E-state index in [0.717, 1.165) is 19.6 Å². The predicted octanol–water partition coefficient (Wildman–Crippen LogP) is 1.97. The van der Waals surface area contributed by atoms with Crippen molar-refractivity contribution in [3.8, 4) is 0 Å². The van der Waals surface area contributed by atoms with Gasteiger partial charge in [-0.2, -0.15) is 0 Å². The van der Waals surface area contributed by atoms with Crippen LogP contribution in [0.25, 0.3) is 0 Å². The first-order chi connectivity index (χ1) is 8.17. The third kappa shape index (κ3) is 5.17. The SMILES string of the molecule is CCOC(CN)CN(C)C(C)Cc1cccs1. The van der Waals surface area contributed by atoms with Gasteiger partial charge in [-0.1, -0.05) is 6.07 Å². The van der Waals surface area contributed by atoms with Gasteiger partial charge < -0.3 is 15.4 Å². The molecule has 2 N–H and O–H groups in total. The molecule has 1 aromatic rings. The summed E-state index contributed by atoms with van der Waals surface area (Å²) < 4.78 is 5.58. The molecule has 1 heterocycles. The summed E-state index contributed by atoms with van der Waals surface area (Å²) in [6.45, 7) is 6.48. The zero-order chi connectivity index (χ0) is 12.7.